The van der Waals surface area contributed by atoms with Gasteiger partial charge >= 0.3 is 5.97 Å². The topological polar surface area (TPSA) is 73.2 Å². The molecule has 0 bridgehead atoms. The number of esters is 1. The molecule has 0 saturated heterocycles. The largest absolute Gasteiger partial charge is 0.451 e. The summed E-state index contributed by atoms with van der Waals surface area (Å²) < 4.78 is 33.5. The quantitative estimate of drug-likeness (QED) is 0.451. The van der Waals surface area contributed by atoms with Gasteiger partial charge in [0, 0.05) is 11.6 Å². The van der Waals surface area contributed by atoms with Crippen molar-refractivity contribution in [1.29, 1.82) is 0 Å². The lowest BCUT2D eigenvalue weighted by Gasteiger charge is -2.09. The number of carbonyl (C=O) groups excluding carboxylic acids is 2. The fraction of sp³-hybridized carbons (Fsp3) is 0.0417. The first kappa shape index (κ1) is 20.9. The molecular weight excluding hydrogens is 416 g/mol. The Morgan fingerprint density at radius 2 is 1.59 bits per heavy atom. The monoisotopic (exact) mass is 433 g/mol. The van der Waals surface area contributed by atoms with Gasteiger partial charge in [-0.05, 0) is 30.3 Å². The summed E-state index contributed by atoms with van der Waals surface area (Å²) in [6.07, 6.45) is 0. The summed E-state index contributed by atoms with van der Waals surface area (Å²) in [5.74, 6) is -3.12. The number of ether oxygens (including phenoxy) is 1. The normalized spacial score (nSPS) is 10.6. The van der Waals surface area contributed by atoms with Crippen molar-refractivity contribution in [3.05, 3.63) is 102 Å². The maximum absolute atomic E-state index is 13.7. The predicted octanol–water partition coefficient (Wildman–Crippen LogP) is 4.61. The summed E-state index contributed by atoms with van der Waals surface area (Å²) in [4.78, 5) is 24.9. The van der Waals surface area contributed by atoms with Gasteiger partial charge < -0.3 is 10.1 Å². The van der Waals surface area contributed by atoms with E-state index < -0.39 is 30.1 Å². The lowest BCUT2D eigenvalue weighted by Crippen LogP contribution is -2.22. The van der Waals surface area contributed by atoms with Gasteiger partial charge in [0.2, 0.25) is 0 Å². The molecule has 4 aromatic rings. The third-order valence-electron chi connectivity index (χ3n) is 4.53. The minimum atomic E-state index is -0.808. The molecule has 32 heavy (non-hydrogen) atoms. The first-order valence-electron chi connectivity index (χ1n) is 9.64. The molecule has 0 saturated carbocycles. The SMILES string of the molecule is O=C(COC(=O)c1cc(-c2ccccc2)nn1-c1ccccc1)Nc1cc(F)ccc1F. The van der Waals surface area contributed by atoms with E-state index in [-0.39, 0.29) is 11.4 Å². The highest BCUT2D eigenvalue weighted by atomic mass is 19.1. The molecule has 0 spiro atoms. The molecule has 0 atom stereocenters. The highest BCUT2D eigenvalue weighted by Gasteiger charge is 2.20. The van der Waals surface area contributed by atoms with Crippen LogP contribution in [0.15, 0.2) is 84.9 Å². The van der Waals surface area contributed by atoms with E-state index in [0.717, 1.165) is 23.8 Å². The van der Waals surface area contributed by atoms with Crippen molar-refractivity contribution >= 4 is 17.6 Å². The van der Waals surface area contributed by atoms with Crippen LogP contribution in [0, 0.1) is 11.6 Å². The Bertz CT molecular complexity index is 1260. The van der Waals surface area contributed by atoms with E-state index in [9.17, 15) is 18.4 Å². The van der Waals surface area contributed by atoms with Gasteiger partial charge in [0.25, 0.3) is 5.91 Å². The van der Waals surface area contributed by atoms with Crippen LogP contribution in [0.2, 0.25) is 0 Å². The van der Waals surface area contributed by atoms with Crippen molar-refractivity contribution in [2.75, 3.05) is 11.9 Å². The van der Waals surface area contributed by atoms with Crippen molar-refractivity contribution in [3.63, 3.8) is 0 Å². The minimum absolute atomic E-state index is 0.111. The fourth-order valence-corrected chi connectivity index (χ4v) is 3.03. The van der Waals surface area contributed by atoms with Gasteiger partial charge in [0.05, 0.1) is 17.1 Å². The molecule has 1 aromatic heterocycles. The van der Waals surface area contributed by atoms with E-state index in [4.69, 9.17) is 4.74 Å². The van der Waals surface area contributed by atoms with E-state index in [1.165, 1.54) is 4.68 Å². The lowest BCUT2D eigenvalue weighted by molar-refractivity contribution is -0.119. The zero-order valence-electron chi connectivity index (χ0n) is 16.7. The lowest BCUT2D eigenvalue weighted by atomic mass is 10.1. The summed E-state index contributed by atoms with van der Waals surface area (Å²) in [5.41, 5.74) is 1.75. The first-order chi connectivity index (χ1) is 15.5. The van der Waals surface area contributed by atoms with Gasteiger partial charge in [-0.1, -0.05) is 48.5 Å². The Kier molecular flexibility index (Phi) is 6.03. The molecule has 8 heteroatoms. The molecule has 160 valence electrons. The smallest absolute Gasteiger partial charge is 0.357 e. The number of aromatic nitrogens is 2. The molecule has 1 N–H and O–H groups in total. The highest BCUT2D eigenvalue weighted by molar-refractivity contribution is 5.95. The van der Waals surface area contributed by atoms with Crippen LogP contribution in [0.4, 0.5) is 14.5 Å². The van der Waals surface area contributed by atoms with Gasteiger partial charge in [-0.3, -0.25) is 4.79 Å². The number of para-hydroxylation sites is 1. The number of nitrogens with zero attached hydrogens (tertiary/aromatic N) is 2. The van der Waals surface area contributed by atoms with Crippen LogP contribution in [0.3, 0.4) is 0 Å². The summed E-state index contributed by atoms with van der Waals surface area (Å²) >= 11 is 0. The average Bonchev–Trinajstić information content (AvgIpc) is 3.27. The standard InChI is InChI=1S/C24H17F2N3O3/c25-17-11-12-19(26)21(13-17)27-23(30)15-32-24(31)22-14-20(16-7-3-1-4-8-16)28-29(22)18-9-5-2-6-10-18/h1-14H,15H2,(H,27,30). The maximum Gasteiger partial charge on any atom is 0.357 e. The summed E-state index contributed by atoms with van der Waals surface area (Å²) in [5, 5.41) is 6.69. The van der Waals surface area contributed by atoms with Crippen molar-refractivity contribution in [1.82, 2.24) is 9.78 Å². The minimum Gasteiger partial charge on any atom is -0.451 e. The molecule has 3 aromatic carbocycles. The van der Waals surface area contributed by atoms with Crippen LogP contribution in [-0.2, 0) is 9.53 Å². The van der Waals surface area contributed by atoms with Crippen molar-refractivity contribution in [2.24, 2.45) is 0 Å². The molecule has 1 amide bonds. The zero-order chi connectivity index (χ0) is 22.5. The molecule has 0 unspecified atom stereocenters. The Labute approximate surface area is 182 Å². The molecule has 0 aliphatic heterocycles. The van der Waals surface area contributed by atoms with Crippen LogP contribution in [0.1, 0.15) is 10.5 Å². The predicted molar refractivity (Wildman–Crippen MR) is 114 cm³/mol. The molecule has 0 aliphatic rings. The number of carbonyl (C=O) groups is 2. The average molecular weight is 433 g/mol. The zero-order valence-corrected chi connectivity index (χ0v) is 16.7. The second-order valence-electron chi connectivity index (χ2n) is 6.78. The van der Waals surface area contributed by atoms with Crippen molar-refractivity contribution in [3.8, 4) is 16.9 Å². The van der Waals surface area contributed by atoms with E-state index in [0.29, 0.717) is 11.4 Å². The molecule has 0 radical (unpaired) electrons. The number of amides is 1. The summed E-state index contributed by atoms with van der Waals surface area (Å²) in [6.45, 7) is -0.685. The number of anilines is 1. The molecule has 0 fully saturated rings. The number of nitrogens with one attached hydrogen (secondary N) is 1. The van der Waals surface area contributed by atoms with Gasteiger partial charge in [-0.2, -0.15) is 5.10 Å². The van der Waals surface area contributed by atoms with Crippen LogP contribution >= 0.6 is 0 Å². The van der Waals surface area contributed by atoms with Crippen LogP contribution in [0.5, 0.6) is 0 Å². The fourth-order valence-electron chi connectivity index (χ4n) is 3.03. The third kappa shape index (κ3) is 4.70. The maximum atomic E-state index is 13.7. The van der Waals surface area contributed by atoms with Crippen LogP contribution in [0.25, 0.3) is 16.9 Å². The van der Waals surface area contributed by atoms with Gasteiger partial charge in [0.15, 0.2) is 12.3 Å². The Balaban J connectivity index is 1.54. The second kappa shape index (κ2) is 9.22. The summed E-state index contributed by atoms with van der Waals surface area (Å²) in [6, 6.07) is 22.5. The van der Waals surface area contributed by atoms with E-state index in [2.05, 4.69) is 10.4 Å². The Morgan fingerprint density at radius 3 is 2.31 bits per heavy atom. The van der Waals surface area contributed by atoms with E-state index >= 15 is 0 Å². The van der Waals surface area contributed by atoms with Crippen molar-refractivity contribution < 1.29 is 23.1 Å². The van der Waals surface area contributed by atoms with Crippen LogP contribution < -0.4 is 5.32 Å². The number of hydrogen-bond acceptors (Lipinski definition) is 4. The number of halogens is 2. The van der Waals surface area contributed by atoms with Crippen LogP contribution in [-0.4, -0.2) is 28.3 Å². The molecule has 1 heterocycles. The third-order valence-corrected chi connectivity index (χ3v) is 4.53. The van der Waals surface area contributed by atoms with Gasteiger partial charge in [-0.25, -0.2) is 18.3 Å². The number of benzene rings is 3. The van der Waals surface area contributed by atoms with Gasteiger partial charge in [-0.15, -0.1) is 0 Å². The van der Waals surface area contributed by atoms with E-state index in [1.807, 2.05) is 36.4 Å². The van der Waals surface area contributed by atoms with E-state index in [1.54, 1.807) is 30.3 Å². The van der Waals surface area contributed by atoms with Gasteiger partial charge in [0.1, 0.15) is 11.6 Å². The Morgan fingerprint density at radius 1 is 0.906 bits per heavy atom. The molecule has 6 nitrogen and oxygen atoms in total. The Hall–Kier alpha value is -4.33. The summed E-state index contributed by atoms with van der Waals surface area (Å²) in [7, 11) is 0. The number of rotatable bonds is 6. The highest BCUT2D eigenvalue weighted by Crippen LogP contribution is 2.22. The second-order valence-corrected chi connectivity index (χ2v) is 6.78. The van der Waals surface area contributed by atoms with Crippen molar-refractivity contribution in [2.45, 2.75) is 0 Å². The number of hydrogen-bond donors (Lipinski definition) is 1. The molecule has 4 rings (SSSR count). The molecular formula is C24H17F2N3O3. The first-order valence-corrected chi connectivity index (χ1v) is 9.64. The molecule has 0 aliphatic carbocycles.